The van der Waals surface area contributed by atoms with Gasteiger partial charge >= 0.3 is 0 Å². The zero-order chi connectivity index (χ0) is 18.9. The summed E-state index contributed by atoms with van der Waals surface area (Å²) < 4.78 is 5.49. The molecule has 1 fully saturated rings. The number of nitrogens with one attached hydrogen (secondary N) is 1. The van der Waals surface area contributed by atoms with Crippen LogP contribution >= 0.6 is 11.6 Å². The first-order chi connectivity index (χ1) is 12.6. The van der Waals surface area contributed by atoms with Crippen molar-refractivity contribution < 1.29 is 4.74 Å². The summed E-state index contributed by atoms with van der Waals surface area (Å²) in [6, 6.07) is 8.33. The van der Waals surface area contributed by atoms with E-state index < -0.39 is 0 Å². The van der Waals surface area contributed by atoms with Crippen LogP contribution in [0.25, 0.3) is 0 Å². The molecule has 0 radical (unpaired) electrons. The number of guanidine groups is 1. The highest BCUT2D eigenvalue weighted by molar-refractivity contribution is 6.31. The second-order valence-corrected chi connectivity index (χ2v) is 7.20. The lowest BCUT2D eigenvalue weighted by atomic mass is 10.0. The first-order valence-corrected chi connectivity index (χ1v) is 9.96. The van der Waals surface area contributed by atoms with Crippen molar-refractivity contribution in [3.8, 4) is 0 Å². The SMILES string of the molecule is CCN(CC)C(CNC(=NC)N(C)CC1CCOC1)c1ccccc1Cl. The summed E-state index contributed by atoms with van der Waals surface area (Å²) in [5.41, 5.74) is 1.16. The molecular weight excluding hydrogens is 348 g/mol. The summed E-state index contributed by atoms with van der Waals surface area (Å²) in [7, 11) is 3.93. The monoisotopic (exact) mass is 380 g/mol. The zero-order valence-electron chi connectivity index (χ0n) is 16.5. The molecule has 1 N–H and O–H groups in total. The molecule has 6 heteroatoms. The first kappa shape index (κ1) is 21.0. The fourth-order valence-electron chi connectivity index (χ4n) is 3.62. The van der Waals surface area contributed by atoms with Crippen LogP contribution in [0.5, 0.6) is 0 Å². The average Bonchev–Trinajstić information content (AvgIpc) is 3.15. The predicted octanol–water partition coefficient (Wildman–Crippen LogP) is 3.27. The molecule has 1 aliphatic heterocycles. The topological polar surface area (TPSA) is 40.1 Å². The van der Waals surface area contributed by atoms with Crippen molar-refractivity contribution in [2.24, 2.45) is 10.9 Å². The van der Waals surface area contributed by atoms with Crippen molar-refractivity contribution in [2.75, 3.05) is 53.5 Å². The predicted molar refractivity (Wildman–Crippen MR) is 110 cm³/mol. The number of ether oxygens (including phenoxy) is 1. The summed E-state index contributed by atoms with van der Waals surface area (Å²) in [6.45, 7) is 9.78. The Balaban J connectivity index is 2.05. The number of benzene rings is 1. The van der Waals surface area contributed by atoms with Gasteiger partial charge in [-0.1, -0.05) is 43.6 Å². The van der Waals surface area contributed by atoms with E-state index >= 15 is 0 Å². The summed E-state index contributed by atoms with van der Waals surface area (Å²) in [5, 5.41) is 4.37. The van der Waals surface area contributed by atoms with Crippen LogP contribution in [0.1, 0.15) is 31.9 Å². The van der Waals surface area contributed by atoms with E-state index in [2.05, 4.69) is 53.1 Å². The molecule has 1 saturated heterocycles. The lowest BCUT2D eigenvalue weighted by molar-refractivity contribution is 0.181. The van der Waals surface area contributed by atoms with Gasteiger partial charge in [0, 0.05) is 44.7 Å². The first-order valence-electron chi connectivity index (χ1n) is 9.58. The van der Waals surface area contributed by atoms with Gasteiger partial charge in [0.25, 0.3) is 0 Å². The summed E-state index contributed by atoms with van der Waals surface area (Å²) in [5.74, 6) is 1.50. The average molecular weight is 381 g/mol. The van der Waals surface area contributed by atoms with Gasteiger partial charge in [-0.2, -0.15) is 0 Å². The van der Waals surface area contributed by atoms with E-state index in [1.165, 1.54) is 0 Å². The standard InChI is InChI=1S/C20H33ClN4O/c1-5-25(6-2)19(17-9-7-8-10-18(17)21)13-23-20(22-3)24(4)14-16-11-12-26-15-16/h7-10,16,19H,5-6,11-15H2,1-4H3,(H,22,23). The summed E-state index contributed by atoms with van der Waals surface area (Å²) in [4.78, 5) is 9.09. The van der Waals surface area contributed by atoms with Crippen LogP contribution in [0.4, 0.5) is 0 Å². The highest BCUT2D eigenvalue weighted by Crippen LogP contribution is 2.27. The van der Waals surface area contributed by atoms with Gasteiger partial charge in [-0.3, -0.25) is 9.89 Å². The normalized spacial score (nSPS) is 19.0. The van der Waals surface area contributed by atoms with Gasteiger partial charge in [-0.15, -0.1) is 0 Å². The zero-order valence-corrected chi connectivity index (χ0v) is 17.3. The highest BCUT2D eigenvalue weighted by atomic mass is 35.5. The Morgan fingerprint density at radius 3 is 2.65 bits per heavy atom. The Kier molecular flexibility index (Phi) is 8.69. The van der Waals surface area contributed by atoms with Crippen molar-refractivity contribution in [3.63, 3.8) is 0 Å². The van der Waals surface area contributed by atoms with Gasteiger partial charge in [0.05, 0.1) is 12.6 Å². The molecule has 1 aliphatic rings. The third-order valence-corrected chi connectivity index (χ3v) is 5.44. The van der Waals surface area contributed by atoms with Crippen LogP contribution in [0.2, 0.25) is 5.02 Å². The van der Waals surface area contributed by atoms with Crippen molar-refractivity contribution >= 4 is 17.6 Å². The Bertz CT molecular complexity index is 571. The lowest BCUT2D eigenvalue weighted by Crippen LogP contribution is -2.45. The molecule has 1 aromatic rings. The molecule has 2 rings (SSSR count). The van der Waals surface area contributed by atoms with Crippen molar-refractivity contribution in [1.29, 1.82) is 0 Å². The van der Waals surface area contributed by atoms with Gasteiger partial charge in [-0.05, 0) is 31.1 Å². The Hall–Kier alpha value is -1.30. The number of hydrogen-bond acceptors (Lipinski definition) is 3. The fourth-order valence-corrected chi connectivity index (χ4v) is 3.88. The van der Waals surface area contributed by atoms with Crippen molar-refractivity contribution in [1.82, 2.24) is 15.1 Å². The number of aliphatic imine (C=N–C) groups is 1. The molecule has 0 bridgehead atoms. The molecule has 1 aromatic carbocycles. The summed E-state index contributed by atoms with van der Waals surface area (Å²) >= 11 is 6.49. The molecule has 0 aromatic heterocycles. The van der Waals surface area contributed by atoms with Gasteiger partial charge in [0.1, 0.15) is 0 Å². The minimum atomic E-state index is 0.207. The number of rotatable bonds is 8. The number of nitrogens with zero attached hydrogens (tertiary/aromatic N) is 3. The van der Waals surface area contributed by atoms with Gasteiger partial charge in [0.15, 0.2) is 5.96 Å². The maximum absolute atomic E-state index is 6.49. The van der Waals surface area contributed by atoms with E-state index in [1.807, 2.05) is 19.2 Å². The van der Waals surface area contributed by atoms with Crippen LogP contribution in [0.3, 0.4) is 0 Å². The molecule has 5 nitrogen and oxygen atoms in total. The van der Waals surface area contributed by atoms with Crippen LogP contribution in [0, 0.1) is 5.92 Å². The van der Waals surface area contributed by atoms with Crippen LogP contribution in [0.15, 0.2) is 29.3 Å². The molecule has 1 heterocycles. The maximum atomic E-state index is 6.49. The molecule has 0 spiro atoms. The maximum Gasteiger partial charge on any atom is 0.193 e. The molecule has 146 valence electrons. The molecule has 26 heavy (non-hydrogen) atoms. The Labute approximate surface area is 163 Å². The summed E-state index contributed by atoms with van der Waals surface area (Å²) in [6.07, 6.45) is 1.13. The quantitative estimate of drug-likeness (QED) is 0.555. The van der Waals surface area contributed by atoms with Crippen LogP contribution < -0.4 is 5.32 Å². The number of likely N-dealkylation sites (N-methyl/N-ethyl adjacent to an activating group) is 1. The van der Waals surface area contributed by atoms with Gasteiger partial charge in [0.2, 0.25) is 0 Å². The largest absolute Gasteiger partial charge is 0.381 e. The van der Waals surface area contributed by atoms with E-state index in [4.69, 9.17) is 16.3 Å². The van der Waals surface area contributed by atoms with E-state index in [0.717, 1.165) is 62.4 Å². The van der Waals surface area contributed by atoms with E-state index in [0.29, 0.717) is 5.92 Å². The molecular formula is C20H33ClN4O. The van der Waals surface area contributed by atoms with Gasteiger partial charge in [-0.25, -0.2) is 0 Å². The molecule has 0 saturated carbocycles. The minimum Gasteiger partial charge on any atom is -0.381 e. The Morgan fingerprint density at radius 1 is 1.35 bits per heavy atom. The van der Waals surface area contributed by atoms with Crippen LogP contribution in [-0.4, -0.2) is 69.2 Å². The number of hydrogen-bond donors (Lipinski definition) is 1. The van der Waals surface area contributed by atoms with Crippen molar-refractivity contribution in [2.45, 2.75) is 26.3 Å². The third kappa shape index (κ3) is 5.60. The Morgan fingerprint density at radius 2 is 2.08 bits per heavy atom. The molecule has 2 atom stereocenters. The molecule has 0 amide bonds. The third-order valence-electron chi connectivity index (χ3n) is 5.10. The molecule has 0 aliphatic carbocycles. The van der Waals surface area contributed by atoms with Gasteiger partial charge < -0.3 is 15.0 Å². The van der Waals surface area contributed by atoms with E-state index in [1.54, 1.807) is 0 Å². The second-order valence-electron chi connectivity index (χ2n) is 6.80. The number of halogens is 1. The lowest BCUT2D eigenvalue weighted by Gasteiger charge is -2.32. The van der Waals surface area contributed by atoms with Crippen molar-refractivity contribution in [3.05, 3.63) is 34.9 Å². The molecule has 2 unspecified atom stereocenters. The van der Waals surface area contributed by atoms with Crippen LogP contribution in [-0.2, 0) is 4.74 Å². The highest BCUT2D eigenvalue weighted by Gasteiger charge is 2.23. The smallest absolute Gasteiger partial charge is 0.193 e. The van der Waals surface area contributed by atoms with E-state index in [9.17, 15) is 0 Å². The second kappa shape index (κ2) is 10.8. The minimum absolute atomic E-state index is 0.207. The van der Waals surface area contributed by atoms with E-state index in [-0.39, 0.29) is 6.04 Å². The fraction of sp³-hybridized carbons (Fsp3) is 0.650.